The number of fused-ring (bicyclic) bond motifs is 1. The van der Waals surface area contributed by atoms with Crippen LogP contribution in [0.1, 0.15) is 12.0 Å². The van der Waals surface area contributed by atoms with Gasteiger partial charge in [-0.3, -0.25) is 4.79 Å². The number of hydrogen-bond acceptors (Lipinski definition) is 3. The number of H-pyrrole nitrogens is 1. The zero-order valence-corrected chi connectivity index (χ0v) is 12.3. The van der Waals surface area contributed by atoms with Crippen molar-refractivity contribution in [1.82, 2.24) is 9.88 Å². The van der Waals surface area contributed by atoms with Crippen molar-refractivity contribution in [3.05, 3.63) is 36.0 Å². The third-order valence-electron chi connectivity index (χ3n) is 3.57. The molecule has 1 aromatic carbocycles. The Morgan fingerprint density at radius 2 is 2.14 bits per heavy atom. The van der Waals surface area contributed by atoms with Crippen molar-refractivity contribution in [1.29, 1.82) is 0 Å². The zero-order valence-electron chi connectivity index (χ0n) is 12.3. The average Bonchev–Trinajstić information content (AvgIpc) is 2.92. The first-order valence-corrected chi connectivity index (χ1v) is 7.19. The number of carbonyl (C=O) groups excluding carboxylic acids is 1. The first kappa shape index (κ1) is 15.5. The number of amides is 1. The second kappa shape index (κ2) is 7.81. The summed E-state index contributed by atoms with van der Waals surface area (Å²) in [6.07, 6.45) is 3.09. The number of methoxy groups -OCH3 is 1. The van der Waals surface area contributed by atoms with Crippen LogP contribution in [0.3, 0.4) is 0 Å². The van der Waals surface area contributed by atoms with E-state index in [4.69, 9.17) is 9.84 Å². The van der Waals surface area contributed by atoms with Gasteiger partial charge in [-0.05, 0) is 18.1 Å². The van der Waals surface area contributed by atoms with E-state index in [9.17, 15) is 4.79 Å². The van der Waals surface area contributed by atoms with E-state index < -0.39 is 0 Å². The van der Waals surface area contributed by atoms with Crippen molar-refractivity contribution in [2.24, 2.45) is 0 Å². The maximum absolute atomic E-state index is 12.2. The van der Waals surface area contributed by atoms with Crippen molar-refractivity contribution < 1.29 is 14.6 Å². The molecule has 0 unspecified atom stereocenters. The molecule has 21 heavy (non-hydrogen) atoms. The maximum atomic E-state index is 12.2. The minimum absolute atomic E-state index is 0.0253. The normalized spacial score (nSPS) is 11.0. The van der Waals surface area contributed by atoms with Gasteiger partial charge in [-0.15, -0.1) is 0 Å². The van der Waals surface area contributed by atoms with Crippen LogP contribution in [0.25, 0.3) is 10.9 Å². The lowest BCUT2D eigenvalue weighted by molar-refractivity contribution is -0.132. The van der Waals surface area contributed by atoms with Gasteiger partial charge in [0.25, 0.3) is 0 Å². The lowest BCUT2D eigenvalue weighted by Crippen LogP contribution is -2.36. The van der Waals surface area contributed by atoms with E-state index in [1.54, 1.807) is 12.0 Å². The van der Waals surface area contributed by atoms with Crippen LogP contribution in [-0.4, -0.2) is 54.3 Å². The van der Waals surface area contributed by atoms with Crippen LogP contribution in [0.5, 0.6) is 0 Å². The maximum Gasteiger partial charge on any atom is 0.223 e. The van der Waals surface area contributed by atoms with Gasteiger partial charge in [-0.1, -0.05) is 18.2 Å². The van der Waals surface area contributed by atoms with E-state index in [0.717, 1.165) is 16.5 Å². The van der Waals surface area contributed by atoms with Crippen LogP contribution < -0.4 is 0 Å². The lowest BCUT2D eigenvalue weighted by Gasteiger charge is -2.21. The summed E-state index contributed by atoms with van der Waals surface area (Å²) in [6.45, 7) is 1.33. The van der Waals surface area contributed by atoms with Crippen LogP contribution in [0.4, 0.5) is 0 Å². The summed E-state index contributed by atoms with van der Waals surface area (Å²) in [4.78, 5) is 17.1. The number of hydrogen-bond donors (Lipinski definition) is 2. The van der Waals surface area contributed by atoms with E-state index in [0.29, 0.717) is 32.5 Å². The van der Waals surface area contributed by atoms with Crippen LogP contribution in [0, 0.1) is 0 Å². The van der Waals surface area contributed by atoms with Gasteiger partial charge in [-0.2, -0.15) is 0 Å². The number of carbonyl (C=O) groups is 1. The van der Waals surface area contributed by atoms with Gasteiger partial charge >= 0.3 is 0 Å². The molecule has 5 heteroatoms. The zero-order chi connectivity index (χ0) is 15.1. The molecule has 0 bridgehead atoms. The predicted octanol–water partition coefficient (Wildman–Crippen LogP) is 1.57. The third-order valence-corrected chi connectivity index (χ3v) is 3.57. The Morgan fingerprint density at radius 3 is 2.90 bits per heavy atom. The number of aryl methyl sites for hydroxylation is 1. The van der Waals surface area contributed by atoms with Gasteiger partial charge in [0.15, 0.2) is 0 Å². The topological polar surface area (TPSA) is 65.6 Å². The smallest absolute Gasteiger partial charge is 0.223 e. The van der Waals surface area contributed by atoms with Gasteiger partial charge in [0.2, 0.25) is 5.91 Å². The summed E-state index contributed by atoms with van der Waals surface area (Å²) in [5.74, 6) is 0.0476. The fourth-order valence-corrected chi connectivity index (χ4v) is 2.42. The molecule has 0 saturated carbocycles. The molecular formula is C16H22N2O3. The number of aliphatic hydroxyl groups is 1. The van der Waals surface area contributed by atoms with Gasteiger partial charge < -0.3 is 19.7 Å². The number of nitrogens with zero attached hydrogens (tertiary/aromatic N) is 1. The second-order valence-electron chi connectivity index (χ2n) is 4.96. The summed E-state index contributed by atoms with van der Waals surface area (Å²) < 4.78 is 5.00. The molecule has 2 rings (SSSR count). The summed E-state index contributed by atoms with van der Waals surface area (Å²) >= 11 is 0. The molecule has 0 atom stereocenters. The summed E-state index contributed by atoms with van der Waals surface area (Å²) in [6, 6.07) is 8.07. The highest BCUT2D eigenvalue weighted by Crippen LogP contribution is 2.19. The molecule has 1 aromatic heterocycles. The molecule has 0 spiro atoms. The molecule has 0 aliphatic heterocycles. The Hall–Kier alpha value is -1.85. The number of benzene rings is 1. The number of aromatic nitrogens is 1. The SMILES string of the molecule is COCCN(CCO)C(=O)CCc1c[nH]c2ccccc12. The fourth-order valence-electron chi connectivity index (χ4n) is 2.42. The average molecular weight is 290 g/mol. The molecule has 2 N–H and O–H groups in total. The molecule has 5 nitrogen and oxygen atoms in total. The van der Waals surface area contributed by atoms with Crippen molar-refractivity contribution in [2.75, 3.05) is 33.4 Å². The number of ether oxygens (including phenoxy) is 1. The molecule has 0 fully saturated rings. The lowest BCUT2D eigenvalue weighted by atomic mass is 10.1. The molecule has 0 aliphatic rings. The Bertz CT molecular complexity index is 580. The first-order chi connectivity index (χ1) is 10.3. The number of nitrogens with one attached hydrogen (secondary N) is 1. The van der Waals surface area contributed by atoms with Gasteiger partial charge in [0, 0.05) is 43.7 Å². The predicted molar refractivity (Wildman–Crippen MR) is 82.2 cm³/mol. The van der Waals surface area contributed by atoms with E-state index in [-0.39, 0.29) is 12.5 Å². The largest absolute Gasteiger partial charge is 0.395 e. The minimum Gasteiger partial charge on any atom is -0.395 e. The van der Waals surface area contributed by atoms with E-state index in [2.05, 4.69) is 11.1 Å². The highest BCUT2D eigenvalue weighted by molar-refractivity contribution is 5.84. The fraction of sp³-hybridized carbons (Fsp3) is 0.438. The van der Waals surface area contributed by atoms with Crippen LogP contribution in [-0.2, 0) is 16.0 Å². The van der Waals surface area contributed by atoms with E-state index in [1.165, 1.54) is 0 Å². The van der Waals surface area contributed by atoms with Crippen LogP contribution in [0.15, 0.2) is 30.5 Å². The van der Waals surface area contributed by atoms with Crippen molar-refractivity contribution in [2.45, 2.75) is 12.8 Å². The Morgan fingerprint density at radius 1 is 1.33 bits per heavy atom. The Kier molecular flexibility index (Phi) is 5.78. The van der Waals surface area contributed by atoms with Crippen molar-refractivity contribution in [3.8, 4) is 0 Å². The first-order valence-electron chi connectivity index (χ1n) is 7.19. The highest BCUT2D eigenvalue weighted by atomic mass is 16.5. The van der Waals surface area contributed by atoms with Gasteiger partial charge in [-0.25, -0.2) is 0 Å². The van der Waals surface area contributed by atoms with E-state index >= 15 is 0 Å². The molecule has 0 saturated heterocycles. The van der Waals surface area contributed by atoms with Crippen molar-refractivity contribution in [3.63, 3.8) is 0 Å². The molecule has 0 aliphatic carbocycles. The minimum atomic E-state index is -0.0253. The number of aliphatic hydroxyl groups excluding tert-OH is 1. The quantitative estimate of drug-likeness (QED) is 0.775. The van der Waals surface area contributed by atoms with Gasteiger partial charge in [0.05, 0.1) is 13.2 Å². The summed E-state index contributed by atoms with van der Waals surface area (Å²) in [7, 11) is 1.60. The van der Waals surface area contributed by atoms with Crippen molar-refractivity contribution >= 4 is 16.8 Å². The molecule has 1 heterocycles. The summed E-state index contributed by atoms with van der Waals surface area (Å²) in [5.41, 5.74) is 2.24. The van der Waals surface area contributed by atoms with Crippen LogP contribution >= 0.6 is 0 Å². The second-order valence-corrected chi connectivity index (χ2v) is 4.96. The standard InChI is InChI=1S/C16H22N2O3/c1-21-11-9-18(8-10-19)16(20)7-6-13-12-17-15-5-3-2-4-14(13)15/h2-5,12,17,19H,6-11H2,1H3. The molecule has 114 valence electrons. The highest BCUT2D eigenvalue weighted by Gasteiger charge is 2.13. The Balaban J connectivity index is 1.95. The summed E-state index contributed by atoms with van der Waals surface area (Å²) in [5, 5.41) is 10.2. The molecule has 1 amide bonds. The number of aromatic amines is 1. The number of rotatable bonds is 8. The Labute approximate surface area is 124 Å². The van der Waals surface area contributed by atoms with E-state index in [1.807, 2.05) is 24.4 Å². The third kappa shape index (κ3) is 4.06. The monoisotopic (exact) mass is 290 g/mol. The molecule has 0 radical (unpaired) electrons. The van der Waals surface area contributed by atoms with Crippen LogP contribution in [0.2, 0.25) is 0 Å². The number of para-hydroxylation sites is 1. The van der Waals surface area contributed by atoms with Gasteiger partial charge in [0.1, 0.15) is 0 Å². The molecule has 2 aromatic rings. The molecular weight excluding hydrogens is 268 g/mol.